The van der Waals surface area contributed by atoms with Crippen LogP contribution in [0.15, 0.2) is 77.3 Å². The maximum absolute atomic E-state index is 12.7. The van der Waals surface area contributed by atoms with Gasteiger partial charge in [0.1, 0.15) is 23.2 Å². The highest BCUT2D eigenvalue weighted by Gasteiger charge is 2.52. The molecule has 0 aliphatic heterocycles. The molecule has 1 unspecified atom stereocenters. The number of nitrogens with zero attached hydrogens (tertiary/aromatic N) is 1. The van der Waals surface area contributed by atoms with E-state index in [4.69, 9.17) is 18.7 Å². The van der Waals surface area contributed by atoms with Gasteiger partial charge in [-0.1, -0.05) is 65.8 Å². The zero-order valence-electron chi connectivity index (χ0n) is 23.0. The van der Waals surface area contributed by atoms with Gasteiger partial charge in [-0.05, 0) is 68.0 Å². The molecule has 0 saturated heterocycles. The molecular formula is C32H32N2O6. The van der Waals surface area contributed by atoms with Crippen LogP contribution in [-0.4, -0.2) is 30.9 Å². The fraction of sp³-hybridized carbons (Fsp3) is 0.281. The van der Waals surface area contributed by atoms with Gasteiger partial charge in [-0.3, -0.25) is 10.1 Å². The number of hydrogen-bond donors (Lipinski definition) is 1. The number of esters is 1. The van der Waals surface area contributed by atoms with Crippen molar-refractivity contribution < 1.29 is 28.3 Å². The van der Waals surface area contributed by atoms with Crippen LogP contribution in [0.5, 0.6) is 5.75 Å². The number of benzene rings is 3. The Balaban J connectivity index is 1.27. The number of carbonyl (C=O) groups excluding carboxylic acids is 2. The number of methoxy groups -OCH3 is 1. The number of hydrogen-bond acceptors (Lipinski definition) is 7. The SMILES string of the molecule is CCOC(=O)C1(c2ccc(-c3ccc(-c4onc(C)c4NC(=O)OC(C)c4ccc(OC)cc4)cc3)cc2)CC1. The molecule has 1 fully saturated rings. The van der Waals surface area contributed by atoms with E-state index >= 15 is 0 Å². The number of rotatable bonds is 9. The molecule has 4 aromatic rings. The minimum absolute atomic E-state index is 0.141. The van der Waals surface area contributed by atoms with E-state index in [0.717, 1.165) is 46.4 Å². The molecule has 8 nitrogen and oxygen atoms in total. The number of aryl methyl sites for hydroxylation is 1. The van der Waals surface area contributed by atoms with Gasteiger partial charge in [0.15, 0.2) is 5.76 Å². The van der Waals surface area contributed by atoms with E-state index in [1.54, 1.807) is 21.0 Å². The fourth-order valence-corrected chi connectivity index (χ4v) is 4.75. The van der Waals surface area contributed by atoms with E-state index in [1.807, 2.05) is 79.7 Å². The lowest BCUT2D eigenvalue weighted by Gasteiger charge is -2.15. The zero-order chi connectivity index (χ0) is 28.3. The van der Waals surface area contributed by atoms with Crippen LogP contribution in [0.4, 0.5) is 10.5 Å². The first kappa shape index (κ1) is 27.0. The largest absolute Gasteiger partial charge is 0.497 e. The van der Waals surface area contributed by atoms with Crippen molar-refractivity contribution in [1.82, 2.24) is 5.16 Å². The molecule has 1 atom stereocenters. The van der Waals surface area contributed by atoms with Gasteiger partial charge in [-0.25, -0.2) is 4.79 Å². The van der Waals surface area contributed by atoms with Gasteiger partial charge >= 0.3 is 12.1 Å². The summed E-state index contributed by atoms with van der Waals surface area (Å²) in [5.74, 6) is 1.03. The molecule has 3 aromatic carbocycles. The summed E-state index contributed by atoms with van der Waals surface area (Å²) in [4.78, 5) is 25.1. The molecule has 5 rings (SSSR count). The monoisotopic (exact) mass is 540 g/mol. The first-order valence-electron chi connectivity index (χ1n) is 13.3. The Hall–Kier alpha value is -4.59. The minimum Gasteiger partial charge on any atom is -0.497 e. The van der Waals surface area contributed by atoms with E-state index in [2.05, 4.69) is 10.5 Å². The van der Waals surface area contributed by atoms with Gasteiger partial charge in [-0.2, -0.15) is 0 Å². The Labute approximate surface area is 233 Å². The summed E-state index contributed by atoms with van der Waals surface area (Å²) in [6.07, 6.45) is 0.567. The smallest absolute Gasteiger partial charge is 0.412 e. The van der Waals surface area contributed by atoms with Crippen molar-refractivity contribution in [2.45, 2.75) is 45.1 Å². The maximum Gasteiger partial charge on any atom is 0.412 e. The van der Waals surface area contributed by atoms with Gasteiger partial charge < -0.3 is 18.7 Å². The molecule has 1 heterocycles. The molecule has 1 aliphatic rings. The number of carbonyl (C=O) groups is 2. The molecule has 8 heteroatoms. The number of anilines is 1. The molecule has 206 valence electrons. The molecule has 40 heavy (non-hydrogen) atoms. The van der Waals surface area contributed by atoms with Crippen molar-refractivity contribution in [2.75, 3.05) is 19.0 Å². The van der Waals surface area contributed by atoms with Crippen molar-refractivity contribution in [2.24, 2.45) is 0 Å². The molecule has 1 amide bonds. The first-order chi connectivity index (χ1) is 19.3. The van der Waals surface area contributed by atoms with E-state index in [0.29, 0.717) is 23.7 Å². The Kier molecular flexibility index (Phi) is 7.60. The Bertz CT molecular complexity index is 1490. The number of aromatic nitrogens is 1. The van der Waals surface area contributed by atoms with Crippen LogP contribution in [0.25, 0.3) is 22.5 Å². The summed E-state index contributed by atoms with van der Waals surface area (Å²) in [7, 11) is 1.60. The van der Waals surface area contributed by atoms with Crippen LogP contribution in [0.1, 0.15) is 49.6 Å². The molecule has 1 saturated carbocycles. The van der Waals surface area contributed by atoms with E-state index in [-0.39, 0.29) is 5.97 Å². The van der Waals surface area contributed by atoms with Crippen molar-refractivity contribution in [1.29, 1.82) is 0 Å². The second-order valence-electron chi connectivity index (χ2n) is 9.88. The molecule has 1 N–H and O–H groups in total. The van der Waals surface area contributed by atoms with E-state index in [9.17, 15) is 9.59 Å². The second kappa shape index (κ2) is 11.3. The Morgan fingerprint density at radius 3 is 2.12 bits per heavy atom. The van der Waals surface area contributed by atoms with Crippen LogP contribution in [0, 0.1) is 6.92 Å². The average Bonchev–Trinajstić information content (AvgIpc) is 3.72. The summed E-state index contributed by atoms with van der Waals surface area (Å²) in [5.41, 5.74) is 5.14. The van der Waals surface area contributed by atoms with Gasteiger partial charge in [0.2, 0.25) is 0 Å². The van der Waals surface area contributed by atoms with Crippen molar-refractivity contribution in [3.05, 3.63) is 89.6 Å². The number of ether oxygens (including phenoxy) is 3. The van der Waals surface area contributed by atoms with E-state index < -0.39 is 17.6 Å². The van der Waals surface area contributed by atoms with Crippen LogP contribution in [-0.2, 0) is 19.7 Å². The highest BCUT2D eigenvalue weighted by molar-refractivity contribution is 5.91. The second-order valence-corrected chi connectivity index (χ2v) is 9.88. The summed E-state index contributed by atoms with van der Waals surface area (Å²) >= 11 is 0. The van der Waals surface area contributed by atoms with Gasteiger partial charge in [-0.15, -0.1) is 0 Å². The predicted octanol–water partition coefficient (Wildman–Crippen LogP) is 7.23. The molecule has 0 radical (unpaired) electrons. The summed E-state index contributed by atoms with van der Waals surface area (Å²) < 4.78 is 21.6. The molecular weight excluding hydrogens is 508 g/mol. The third-order valence-electron chi connectivity index (χ3n) is 7.29. The summed E-state index contributed by atoms with van der Waals surface area (Å²) in [5, 5.41) is 6.84. The normalized spacial score (nSPS) is 14.2. The predicted molar refractivity (Wildman–Crippen MR) is 151 cm³/mol. The average molecular weight is 541 g/mol. The summed E-state index contributed by atoms with van der Waals surface area (Å²) in [6.45, 7) is 5.77. The van der Waals surface area contributed by atoms with Crippen molar-refractivity contribution in [3.8, 4) is 28.2 Å². The Morgan fingerprint density at radius 2 is 1.55 bits per heavy atom. The Morgan fingerprint density at radius 1 is 0.950 bits per heavy atom. The topological polar surface area (TPSA) is 99.9 Å². The summed E-state index contributed by atoms with van der Waals surface area (Å²) in [6, 6.07) is 23.2. The van der Waals surface area contributed by atoms with Crippen LogP contribution in [0.2, 0.25) is 0 Å². The third-order valence-corrected chi connectivity index (χ3v) is 7.29. The third kappa shape index (κ3) is 5.43. The molecule has 1 aromatic heterocycles. The lowest BCUT2D eigenvalue weighted by Crippen LogP contribution is -2.23. The highest BCUT2D eigenvalue weighted by atomic mass is 16.6. The highest BCUT2D eigenvalue weighted by Crippen LogP contribution is 2.49. The van der Waals surface area contributed by atoms with Gasteiger partial charge in [0.05, 0.1) is 19.1 Å². The quantitative estimate of drug-likeness (QED) is 0.224. The molecule has 0 bridgehead atoms. The minimum atomic E-state index is -0.608. The van der Waals surface area contributed by atoms with Gasteiger partial charge in [0.25, 0.3) is 0 Å². The first-order valence-corrected chi connectivity index (χ1v) is 13.3. The lowest BCUT2D eigenvalue weighted by atomic mass is 9.93. The number of nitrogens with one attached hydrogen (secondary N) is 1. The van der Waals surface area contributed by atoms with Crippen LogP contribution < -0.4 is 10.1 Å². The lowest BCUT2D eigenvalue weighted by molar-refractivity contribution is -0.146. The van der Waals surface area contributed by atoms with Crippen molar-refractivity contribution in [3.63, 3.8) is 0 Å². The van der Waals surface area contributed by atoms with Crippen LogP contribution >= 0.6 is 0 Å². The molecule has 0 spiro atoms. The molecule has 1 aliphatic carbocycles. The van der Waals surface area contributed by atoms with Crippen molar-refractivity contribution >= 4 is 17.7 Å². The van der Waals surface area contributed by atoms with E-state index in [1.165, 1.54) is 0 Å². The number of amides is 1. The van der Waals surface area contributed by atoms with Gasteiger partial charge in [0, 0.05) is 5.56 Å². The fourth-order valence-electron chi connectivity index (χ4n) is 4.75. The standard InChI is InChI=1S/C32H32N2O6/c1-5-38-30(35)32(18-19-32)26-14-10-24(11-15-26)23-6-8-25(9-7-23)29-28(20(2)34-40-29)33-31(36)39-21(3)22-12-16-27(37-4)17-13-22/h6-17,21H,5,18-19H2,1-4H3,(H,33,36). The van der Waals surface area contributed by atoms with Crippen LogP contribution in [0.3, 0.4) is 0 Å². The maximum atomic E-state index is 12.7. The zero-order valence-corrected chi connectivity index (χ0v) is 23.0.